The number of aromatic nitrogens is 1. The van der Waals surface area contributed by atoms with Crippen LogP contribution in [0, 0.1) is 11.3 Å². The molecule has 0 bridgehead atoms. The minimum atomic E-state index is -0.899. The van der Waals surface area contributed by atoms with E-state index in [0.717, 1.165) is 5.39 Å². The number of hydrogen-bond donors (Lipinski definition) is 4. The summed E-state index contributed by atoms with van der Waals surface area (Å²) in [6.45, 7) is 9.56. The number of pyridine rings is 1. The number of benzene rings is 1. The number of carbonyl (C=O) groups excluding carboxylic acids is 3. The number of carbonyl (C=O) groups is 3. The third-order valence-corrected chi connectivity index (χ3v) is 5.02. The third kappa shape index (κ3) is 6.91. The van der Waals surface area contributed by atoms with Crippen molar-refractivity contribution in [2.24, 2.45) is 11.3 Å². The summed E-state index contributed by atoms with van der Waals surface area (Å²) >= 11 is 0. The fourth-order valence-electron chi connectivity index (χ4n) is 3.22. The molecule has 4 amide bonds. The molecule has 9 heteroatoms. The van der Waals surface area contributed by atoms with Crippen LogP contribution in [0.2, 0.25) is 0 Å². The molecule has 174 valence electrons. The quantitative estimate of drug-likeness (QED) is 0.369. The molecule has 0 spiro atoms. The van der Waals surface area contributed by atoms with Crippen LogP contribution in [-0.4, -0.2) is 52.1 Å². The topological polar surface area (TPSA) is 124 Å². The van der Waals surface area contributed by atoms with Crippen LogP contribution in [0.25, 0.3) is 10.9 Å². The minimum absolute atomic E-state index is 0.300. The Morgan fingerprint density at radius 1 is 1.12 bits per heavy atom. The Balaban J connectivity index is 2.22. The number of urea groups is 1. The molecule has 0 radical (unpaired) electrons. The predicted octanol–water partition coefficient (Wildman–Crippen LogP) is 3.15. The number of nitrogens with one attached hydrogen (secondary N) is 3. The van der Waals surface area contributed by atoms with Gasteiger partial charge < -0.3 is 15.5 Å². The van der Waals surface area contributed by atoms with Gasteiger partial charge in [-0.05, 0) is 29.9 Å². The van der Waals surface area contributed by atoms with Gasteiger partial charge in [-0.1, -0.05) is 52.8 Å². The molecule has 1 aromatic carbocycles. The first-order chi connectivity index (χ1) is 15.0. The van der Waals surface area contributed by atoms with Crippen LogP contribution in [0.3, 0.4) is 0 Å². The Morgan fingerprint density at radius 3 is 2.44 bits per heavy atom. The number of fused-ring (bicyclic) bond motifs is 1. The summed E-state index contributed by atoms with van der Waals surface area (Å²) < 4.78 is 0. The first-order valence-electron chi connectivity index (χ1n) is 10.7. The van der Waals surface area contributed by atoms with Crippen molar-refractivity contribution >= 4 is 34.4 Å². The van der Waals surface area contributed by atoms with E-state index >= 15 is 0 Å². The highest BCUT2D eigenvalue weighted by Crippen LogP contribution is 2.23. The minimum Gasteiger partial charge on any atom is -0.331 e. The maximum atomic E-state index is 13.4. The Kier molecular flexibility index (Phi) is 8.54. The normalized spacial score (nSPS) is 12.3. The lowest BCUT2D eigenvalue weighted by Crippen LogP contribution is -2.57. The van der Waals surface area contributed by atoms with Crippen molar-refractivity contribution in [3.63, 3.8) is 0 Å². The molecule has 0 fully saturated rings. The molecule has 0 saturated carbocycles. The third-order valence-electron chi connectivity index (χ3n) is 5.02. The highest BCUT2D eigenvalue weighted by atomic mass is 16.5. The molecule has 1 atom stereocenters. The molecular formula is C23H33N5O4. The second-order valence-corrected chi connectivity index (χ2v) is 9.26. The van der Waals surface area contributed by atoms with Crippen LogP contribution < -0.4 is 16.1 Å². The molecule has 0 aliphatic rings. The van der Waals surface area contributed by atoms with Gasteiger partial charge in [-0.25, -0.2) is 10.3 Å². The molecule has 32 heavy (non-hydrogen) atoms. The predicted molar refractivity (Wildman–Crippen MR) is 123 cm³/mol. The second-order valence-electron chi connectivity index (χ2n) is 9.26. The van der Waals surface area contributed by atoms with Gasteiger partial charge in [0.25, 0.3) is 5.91 Å². The van der Waals surface area contributed by atoms with Gasteiger partial charge in [0.05, 0.1) is 11.2 Å². The standard InChI is InChI=1S/C23H33N5O4/c1-15(2)11-13-28(14-18(29)27-32)21(30)20(23(3,4)5)26-22(31)25-17-10-6-8-16-9-7-12-24-19(16)17/h6-10,12,15,20,32H,11,13-14H2,1-5H3,(H,27,29)(H2,25,26,31)/t20-/m1/s1. The van der Waals surface area contributed by atoms with Crippen molar-refractivity contribution < 1.29 is 19.6 Å². The molecular weight excluding hydrogens is 410 g/mol. The number of hydrogen-bond acceptors (Lipinski definition) is 5. The van der Waals surface area contributed by atoms with Crippen LogP contribution in [-0.2, 0) is 9.59 Å². The summed E-state index contributed by atoms with van der Waals surface area (Å²) in [4.78, 5) is 43.7. The molecule has 9 nitrogen and oxygen atoms in total. The van der Waals surface area contributed by atoms with E-state index in [1.165, 1.54) is 4.90 Å². The van der Waals surface area contributed by atoms with Crippen molar-refractivity contribution in [2.45, 2.75) is 47.1 Å². The fraction of sp³-hybridized carbons (Fsp3) is 0.478. The average Bonchev–Trinajstić information content (AvgIpc) is 2.73. The molecule has 2 aromatic rings. The Hall–Kier alpha value is -3.20. The molecule has 0 unspecified atom stereocenters. The van der Waals surface area contributed by atoms with E-state index < -0.39 is 29.3 Å². The monoisotopic (exact) mass is 443 g/mol. The van der Waals surface area contributed by atoms with Crippen molar-refractivity contribution in [1.29, 1.82) is 0 Å². The number of nitrogens with zero attached hydrogens (tertiary/aromatic N) is 2. The van der Waals surface area contributed by atoms with Crippen molar-refractivity contribution in [3.8, 4) is 0 Å². The van der Waals surface area contributed by atoms with E-state index in [4.69, 9.17) is 5.21 Å². The van der Waals surface area contributed by atoms with Crippen LogP contribution in [0.15, 0.2) is 36.5 Å². The van der Waals surface area contributed by atoms with Crippen molar-refractivity contribution in [3.05, 3.63) is 36.5 Å². The summed E-state index contributed by atoms with van der Waals surface area (Å²) in [6.07, 6.45) is 2.32. The lowest BCUT2D eigenvalue weighted by atomic mass is 9.85. The van der Waals surface area contributed by atoms with E-state index in [0.29, 0.717) is 30.1 Å². The van der Waals surface area contributed by atoms with E-state index in [9.17, 15) is 14.4 Å². The molecule has 0 saturated heterocycles. The smallest absolute Gasteiger partial charge is 0.319 e. The van der Waals surface area contributed by atoms with Gasteiger partial charge >= 0.3 is 6.03 Å². The fourth-order valence-corrected chi connectivity index (χ4v) is 3.22. The number of amides is 4. The summed E-state index contributed by atoms with van der Waals surface area (Å²) in [6, 6.07) is 7.71. The van der Waals surface area contributed by atoms with Crippen LogP contribution in [0.4, 0.5) is 10.5 Å². The zero-order chi connectivity index (χ0) is 23.9. The Bertz CT molecular complexity index is 950. The Labute approximate surface area is 188 Å². The van der Waals surface area contributed by atoms with E-state index in [2.05, 4.69) is 15.6 Å². The number of para-hydroxylation sites is 1. The maximum Gasteiger partial charge on any atom is 0.319 e. The lowest BCUT2D eigenvalue weighted by molar-refractivity contribution is -0.142. The van der Waals surface area contributed by atoms with Crippen molar-refractivity contribution in [2.75, 3.05) is 18.4 Å². The van der Waals surface area contributed by atoms with Gasteiger partial charge in [-0.15, -0.1) is 0 Å². The summed E-state index contributed by atoms with van der Waals surface area (Å²) in [5.41, 5.74) is 2.10. The number of hydroxylamine groups is 1. The van der Waals surface area contributed by atoms with Gasteiger partial charge in [0.1, 0.15) is 12.6 Å². The number of rotatable bonds is 8. The first-order valence-corrected chi connectivity index (χ1v) is 10.7. The van der Waals surface area contributed by atoms with Crippen molar-refractivity contribution in [1.82, 2.24) is 20.7 Å². The molecule has 2 rings (SSSR count). The summed E-state index contributed by atoms with van der Waals surface area (Å²) in [5, 5.41) is 15.3. The molecule has 1 aromatic heterocycles. The largest absolute Gasteiger partial charge is 0.331 e. The first kappa shape index (κ1) is 25.1. The van der Waals surface area contributed by atoms with Gasteiger partial charge in [0, 0.05) is 18.1 Å². The van der Waals surface area contributed by atoms with Gasteiger partial charge in [0.15, 0.2) is 0 Å². The highest BCUT2D eigenvalue weighted by Gasteiger charge is 2.36. The molecule has 0 aliphatic carbocycles. The number of anilines is 1. The Morgan fingerprint density at radius 2 is 1.81 bits per heavy atom. The SMILES string of the molecule is CC(C)CCN(CC(=O)NO)C(=O)[C@@H](NC(=O)Nc1cccc2cccnc12)C(C)(C)C. The van der Waals surface area contributed by atoms with Crippen LogP contribution in [0.5, 0.6) is 0 Å². The van der Waals surface area contributed by atoms with E-state index in [-0.39, 0.29) is 6.54 Å². The van der Waals surface area contributed by atoms with Crippen LogP contribution in [0.1, 0.15) is 41.0 Å². The second kappa shape index (κ2) is 10.9. The summed E-state index contributed by atoms with van der Waals surface area (Å²) in [5.74, 6) is -0.778. The zero-order valence-electron chi connectivity index (χ0n) is 19.3. The molecule has 4 N–H and O–H groups in total. The molecule has 1 heterocycles. The van der Waals surface area contributed by atoms with E-state index in [1.54, 1.807) is 17.7 Å². The maximum absolute atomic E-state index is 13.4. The highest BCUT2D eigenvalue weighted by molar-refractivity contribution is 6.01. The van der Waals surface area contributed by atoms with Gasteiger partial charge in [0.2, 0.25) is 5.91 Å². The van der Waals surface area contributed by atoms with Gasteiger partial charge in [-0.2, -0.15) is 0 Å². The van der Waals surface area contributed by atoms with Gasteiger partial charge in [-0.3, -0.25) is 19.8 Å². The lowest BCUT2D eigenvalue weighted by Gasteiger charge is -2.35. The summed E-state index contributed by atoms with van der Waals surface area (Å²) in [7, 11) is 0. The van der Waals surface area contributed by atoms with E-state index in [1.807, 2.05) is 58.9 Å². The molecule has 0 aliphatic heterocycles. The average molecular weight is 444 g/mol. The van der Waals surface area contributed by atoms with Crippen LogP contribution >= 0.6 is 0 Å². The zero-order valence-corrected chi connectivity index (χ0v) is 19.3.